The van der Waals surface area contributed by atoms with Crippen molar-refractivity contribution in [1.82, 2.24) is 10.2 Å². The number of piperazine rings is 1. The molecule has 1 saturated heterocycles. The maximum Gasteiger partial charge on any atom is 0.194 e. The molecular weight excluding hydrogens is 446 g/mol. The molecule has 0 bridgehead atoms. The Kier molecular flexibility index (Phi) is 10.9. The van der Waals surface area contributed by atoms with Crippen molar-refractivity contribution in [2.75, 3.05) is 50.8 Å². The number of para-hydroxylation sites is 1. The minimum atomic E-state index is -0.151. The Balaban J connectivity index is 0.00000338. The van der Waals surface area contributed by atoms with Crippen molar-refractivity contribution >= 4 is 35.6 Å². The van der Waals surface area contributed by atoms with Gasteiger partial charge in [0.1, 0.15) is 5.82 Å². The average Bonchev–Trinajstić information content (AvgIpc) is 2.61. The molecular formula is C19H32FIN4O. The summed E-state index contributed by atoms with van der Waals surface area (Å²) >= 11 is 0. The monoisotopic (exact) mass is 478 g/mol. The summed E-state index contributed by atoms with van der Waals surface area (Å²) < 4.78 is 19.5. The molecule has 1 aromatic carbocycles. The van der Waals surface area contributed by atoms with E-state index < -0.39 is 0 Å². The Labute approximate surface area is 174 Å². The summed E-state index contributed by atoms with van der Waals surface area (Å²) in [7, 11) is 0. The summed E-state index contributed by atoms with van der Waals surface area (Å²) in [6.07, 6.45) is 1.19. The molecule has 0 amide bonds. The van der Waals surface area contributed by atoms with Gasteiger partial charge in [0.2, 0.25) is 0 Å². The first-order chi connectivity index (χ1) is 12.1. The van der Waals surface area contributed by atoms with E-state index in [-0.39, 0.29) is 35.9 Å². The number of rotatable bonds is 7. The normalized spacial score (nSPS) is 15.2. The third-order valence-corrected chi connectivity index (χ3v) is 4.12. The number of nitrogens with one attached hydrogen (secondary N) is 1. The lowest BCUT2D eigenvalue weighted by atomic mass is 10.2. The van der Waals surface area contributed by atoms with Crippen molar-refractivity contribution in [2.45, 2.75) is 33.3 Å². The lowest BCUT2D eigenvalue weighted by molar-refractivity contribution is 0.0782. The van der Waals surface area contributed by atoms with Crippen molar-refractivity contribution in [3.05, 3.63) is 30.1 Å². The van der Waals surface area contributed by atoms with Crippen LogP contribution in [0.5, 0.6) is 0 Å². The van der Waals surface area contributed by atoms with Crippen LogP contribution in [0.3, 0.4) is 0 Å². The molecule has 0 atom stereocenters. The number of aliphatic imine (C=N–C) groups is 1. The molecule has 26 heavy (non-hydrogen) atoms. The van der Waals surface area contributed by atoms with Gasteiger partial charge in [-0.2, -0.15) is 0 Å². The molecule has 0 spiro atoms. The van der Waals surface area contributed by atoms with Crippen LogP contribution in [0.4, 0.5) is 10.1 Å². The van der Waals surface area contributed by atoms with Gasteiger partial charge in [0.15, 0.2) is 5.96 Å². The second-order valence-corrected chi connectivity index (χ2v) is 6.43. The summed E-state index contributed by atoms with van der Waals surface area (Å²) in [5, 5.41) is 3.36. The van der Waals surface area contributed by atoms with Crippen LogP contribution in [0, 0.1) is 5.82 Å². The fraction of sp³-hybridized carbons (Fsp3) is 0.632. The molecule has 1 fully saturated rings. The van der Waals surface area contributed by atoms with E-state index in [1.54, 1.807) is 6.07 Å². The summed E-state index contributed by atoms with van der Waals surface area (Å²) in [6.45, 7) is 11.8. The van der Waals surface area contributed by atoms with Gasteiger partial charge in [-0.15, -0.1) is 24.0 Å². The van der Waals surface area contributed by atoms with Gasteiger partial charge in [0.25, 0.3) is 0 Å². The molecule has 1 N–H and O–H groups in total. The maximum absolute atomic E-state index is 13.9. The van der Waals surface area contributed by atoms with Gasteiger partial charge in [-0.1, -0.05) is 12.1 Å². The molecule has 0 aromatic heterocycles. The van der Waals surface area contributed by atoms with E-state index in [4.69, 9.17) is 9.73 Å². The summed E-state index contributed by atoms with van der Waals surface area (Å²) in [5.74, 6) is 0.793. The van der Waals surface area contributed by atoms with Crippen LogP contribution in [0.25, 0.3) is 0 Å². The molecule has 0 radical (unpaired) electrons. The van der Waals surface area contributed by atoms with Crippen molar-refractivity contribution in [3.8, 4) is 0 Å². The van der Waals surface area contributed by atoms with Crippen LogP contribution in [0.1, 0.15) is 27.2 Å². The second kappa shape index (κ2) is 12.3. The van der Waals surface area contributed by atoms with Crippen molar-refractivity contribution in [2.24, 2.45) is 4.99 Å². The van der Waals surface area contributed by atoms with E-state index in [0.29, 0.717) is 5.69 Å². The third-order valence-electron chi connectivity index (χ3n) is 4.12. The Bertz CT molecular complexity index is 548. The minimum absolute atomic E-state index is 0. The van der Waals surface area contributed by atoms with E-state index in [9.17, 15) is 4.39 Å². The zero-order chi connectivity index (χ0) is 18.1. The molecule has 0 saturated carbocycles. The van der Waals surface area contributed by atoms with Gasteiger partial charge in [-0.25, -0.2) is 4.39 Å². The van der Waals surface area contributed by atoms with E-state index in [0.717, 1.165) is 58.3 Å². The molecule has 1 heterocycles. The Hall–Kier alpha value is -1.09. The van der Waals surface area contributed by atoms with Crippen LogP contribution in [-0.2, 0) is 4.74 Å². The number of hydrogen-bond donors (Lipinski definition) is 1. The molecule has 1 aliphatic heterocycles. The second-order valence-electron chi connectivity index (χ2n) is 6.43. The van der Waals surface area contributed by atoms with E-state index in [2.05, 4.69) is 22.0 Å². The Morgan fingerprint density at radius 2 is 1.92 bits per heavy atom. The number of nitrogens with zero attached hydrogens (tertiary/aromatic N) is 3. The largest absolute Gasteiger partial charge is 0.379 e. The molecule has 0 unspecified atom stereocenters. The van der Waals surface area contributed by atoms with Crippen LogP contribution < -0.4 is 10.2 Å². The lowest BCUT2D eigenvalue weighted by Crippen LogP contribution is -2.52. The number of guanidine groups is 1. The van der Waals surface area contributed by atoms with Gasteiger partial charge in [0, 0.05) is 45.9 Å². The van der Waals surface area contributed by atoms with Crippen molar-refractivity contribution in [3.63, 3.8) is 0 Å². The van der Waals surface area contributed by atoms with Gasteiger partial charge in [-0.3, -0.25) is 4.99 Å². The predicted molar refractivity (Wildman–Crippen MR) is 117 cm³/mol. The molecule has 148 valence electrons. The number of anilines is 1. The molecule has 1 aliphatic rings. The van der Waals surface area contributed by atoms with Crippen LogP contribution in [0.15, 0.2) is 29.3 Å². The van der Waals surface area contributed by atoms with E-state index in [1.165, 1.54) is 6.07 Å². The highest BCUT2D eigenvalue weighted by molar-refractivity contribution is 14.0. The van der Waals surface area contributed by atoms with Gasteiger partial charge in [0.05, 0.1) is 11.8 Å². The number of benzene rings is 1. The standard InChI is InChI=1S/C19H31FN4O.HI/c1-4-21-19(22-10-7-15-25-16(2)3)24-13-11-23(12-14-24)18-9-6-5-8-17(18)20;/h5-6,8-9,16H,4,7,10-15H2,1-3H3,(H,21,22);1H. The highest BCUT2D eigenvalue weighted by Gasteiger charge is 2.21. The van der Waals surface area contributed by atoms with Crippen molar-refractivity contribution in [1.29, 1.82) is 0 Å². The number of hydrogen-bond acceptors (Lipinski definition) is 3. The topological polar surface area (TPSA) is 40.1 Å². The molecule has 5 nitrogen and oxygen atoms in total. The van der Waals surface area contributed by atoms with Gasteiger partial charge < -0.3 is 19.9 Å². The zero-order valence-electron chi connectivity index (χ0n) is 16.1. The highest BCUT2D eigenvalue weighted by Crippen LogP contribution is 2.20. The predicted octanol–water partition coefficient (Wildman–Crippen LogP) is 3.35. The van der Waals surface area contributed by atoms with Crippen molar-refractivity contribution < 1.29 is 9.13 Å². The van der Waals surface area contributed by atoms with Crippen LogP contribution in [-0.4, -0.2) is 62.8 Å². The average molecular weight is 478 g/mol. The SMILES string of the molecule is CCNC(=NCCCOC(C)C)N1CCN(c2ccccc2F)CC1.I. The highest BCUT2D eigenvalue weighted by atomic mass is 127. The maximum atomic E-state index is 13.9. The quantitative estimate of drug-likeness (QED) is 0.283. The zero-order valence-corrected chi connectivity index (χ0v) is 18.4. The van der Waals surface area contributed by atoms with Gasteiger partial charge in [-0.05, 0) is 39.3 Å². The first-order valence-electron chi connectivity index (χ1n) is 9.26. The van der Waals surface area contributed by atoms with Gasteiger partial charge >= 0.3 is 0 Å². The fourth-order valence-corrected chi connectivity index (χ4v) is 2.86. The molecule has 1 aromatic rings. The van der Waals surface area contributed by atoms with E-state index >= 15 is 0 Å². The Morgan fingerprint density at radius 1 is 1.23 bits per heavy atom. The smallest absolute Gasteiger partial charge is 0.194 e. The summed E-state index contributed by atoms with van der Waals surface area (Å²) in [6, 6.07) is 6.98. The summed E-state index contributed by atoms with van der Waals surface area (Å²) in [5.41, 5.74) is 0.690. The summed E-state index contributed by atoms with van der Waals surface area (Å²) in [4.78, 5) is 9.07. The van der Waals surface area contributed by atoms with E-state index in [1.807, 2.05) is 26.0 Å². The van der Waals surface area contributed by atoms with Crippen LogP contribution >= 0.6 is 24.0 Å². The first kappa shape index (κ1) is 23.0. The lowest BCUT2D eigenvalue weighted by Gasteiger charge is -2.37. The van der Waals surface area contributed by atoms with Crippen LogP contribution in [0.2, 0.25) is 0 Å². The number of halogens is 2. The Morgan fingerprint density at radius 3 is 2.54 bits per heavy atom. The fourth-order valence-electron chi connectivity index (χ4n) is 2.86. The number of ether oxygens (including phenoxy) is 1. The molecule has 0 aliphatic carbocycles. The molecule has 7 heteroatoms. The third kappa shape index (κ3) is 7.26. The minimum Gasteiger partial charge on any atom is -0.379 e. The first-order valence-corrected chi connectivity index (χ1v) is 9.26. The molecule has 2 rings (SSSR count).